The second-order valence-electron chi connectivity index (χ2n) is 8.45. The average Bonchev–Trinajstić information content (AvgIpc) is 3.23. The number of hydrogen-bond donors (Lipinski definition) is 0. The fourth-order valence-electron chi connectivity index (χ4n) is 4.16. The van der Waals surface area contributed by atoms with Gasteiger partial charge in [0.2, 0.25) is 0 Å². The summed E-state index contributed by atoms with van der Waals surface area (Å²) >= 11 is 0. The highest BCUT2D eigenvalue weighted by Crippen LogP contribution is 2.31. The Labute approximate surface area is 194 Å². The zero-order valence-corrected chi connectivity index (χ0v) is 19.0. The molecule has 1 atom stereocenters. The van der Waals surface area contributed by atoms with Crippen LogP contribution in [-0.4, -0.2) is 46.3 Å². The molecule has 1 aromatic carbocycles. The van der Waals surface area contributed by atoms with Crippen LogP contribution in [0, 0.1) is 5.82 Å². The first kappa shape index (κ1) is 24.0. The third kappa shape index (κ3) is 5.32. The van der Waals surface area contributed by atoms with Crippen LogP contribution in [0.25, 0.3) is 5.69 Å². The first-order chi connectivity index (χ1) is 16.1. The van der Waals surface area contributed by atoms with E-state index in [4.69, 9.17) is 4.74 Å². The van der Waals surface area contributed by atoms with Crippen LogP contribution in [0.5, 0.6) is 0 Å². The summed E-state index contributed by atoms with van der Waals surface area (Å²) in [6.45, 7) is 5.80. The smallest absolute Gasteiger partial charge is 0.375 e. The van der Waals surface area contributed by atoms with Gasteiger partial charge in [-0.1, -0.05) is 6.07 Å². The van der Waals surface area contributed by atoms with Gasteiger partial charge in [0.15, 0.2) is 5.82 Å². The molecule has 1 saturated heterocycles. The van der Waals surface area contributed by atoms with Crippen LogP contribution in [0.2, 0.25) is 0 Å². The van der Waals surface area contributed by atoms with Crippen molar-refractivity contribution in [3.8, 4) is 5.69 Å². The van der Waals surface area contributed by atoms with Crippen LogP contribution in [0.15, 0.2) is 47.7 Å². The molecule has 0 bridgehead atoms. The van der Waals surface area contributed by atoms with Crippen LogP contribution < -0.4 is 10.5 Å². The van der Waals surface area contributed by atoms with E-state index < -0.39 is 29.5 Å². The van der Waals surface area contributed by atoms with Gasteiger partial charge in [0.1, 0.15) is 0 Å². The lowest BCUT2D eigenvalue weighted by molar-refractivity contribution is -0.127. The topological polar surface area (TPSA) is 52.3 Å². The number of anilines is 1. The molecular weight excluding hydrogens is 452 g/mol. The van der Waals surface area contributed by atoms with Gasteiger partial charge in [0, 0.05) is 55.3 Å². The van der Waals surface area contributed by atoms with Crippen molar-refractivity contribution in [1.29, 1.82) is 0 Å². The fraction of sp³-hybridized carbons (Fsp3) is 0.417. The van der Waals surface area contributed by atoms with Crippen LogP contribution >= 0.6 is 0 Å². The number of alkyl halides is 3. The molecule has 6 nitrogen and oxygen atoms in total. The van der Waals surface area contributed by atoms with Crippen molar-refractivity contribution in [2.75, 3.05) is 24.6 Å². The largest absolute Gasteiger partial charge is 0.393 e. The van der Waals surface area contributed by atoms with Crippen molar-refractivity contribution < 1.29 is 22.3 Å². The maximum absolute atomic E-state index is 15.4. The number of aryl methyl sites for hydroxylation is 1. The van der Waals surface area contributed by atoms with Gasteiger partial charge in [-0.25, -0.2) is 4.39 Å². The number of morpholine rings is 1. The maximum atomic E-state index is 15.4. The number of halogens is 4. The molecule has 3 heterocycles. The highest BCUT2D eigenvalue weighted by molar-refractivity contribution is 5.57. The van der Waals surface area contributed by atoms with Crippen LogP contribution in [0.4, 0.5) is 23.2 Å². The van der Waals surface area contributed by atoms with Gasteiger partial charge < -0.3 is 9.64 Å². The highest BCUT2D eigenvalue weighted by Gasteiger charge is 2.31. The van der Waals surface area contributed by atoms with E-state index in [1.807, 2.05) is 24.9 Å². The van der Waals surface area contributed by atoms with Crippen LogP contribution in [0.3, 0.4) is 0 Å². The molecule has 1 aliphatic heterocycles. The molecule has 0 saturated carbocycles. The summed E-state index contributed by atoms with van der Waals surface area (Å²) in [5.74, 6) is -1.06. The standard InChI is InChI=1S/C24H26F4N4O2/c1-3-31-15-17(13-29-31)9-18-5-4-6-32(23(18)33)21-11-20(30-7-8-34-16(2)14-30)10-19(22(21)25)12-24(26,27)28/h4-6,10-11,13,15-16H,3,7-9,12,14H2,1-2H3/t16-/m1/s1. The lowest BCUT2D eigenvalue weighted by atomic mass is 10.1. The Morgan fingerprint density at radius 3 is 2.71 bits per heavy atom. The Morgan fingerprint density at radius 2 is 2.03 bits per heavy atom. The normalized spacial score (nSPS) is 16.8. The monoisotopic (exact) mass is 478 g/mol. The van der Waals surface area contributed by atoms with Gasteiger partial charge >= 0.3 is 6.18 Å². The molecule has 1 fully saturated rings. The lowest BCUT2D eigenvalue weighted by Gasteiger charge is -2.33. The minimum absolute atomic E-state index is 0.122. The van der Waals surface area contributed by atoms with Gasteiger partial charge in [0.05, 0.1) is 31.0 Å². The third-order valence-corrected chi connectivity index (χ3v) is 5.80. The minimum atomic E-state index is -4.60. The molecule has 10 heteroatoms. The molecule has 0 aliphatic carbocycles. The van der Waals surface area contributed by atoms with Crippen LogP contribution in [0.1, 0.15) is 30.5 Å². The molecular formula is C24H26F4N4O2. The number of pyridine rings is 1. The second kappa shape index (κ2) is 9.61. The predicted octanol–water partition coefficient (Wildman–Crippen LogP) is 4.11. The molecule has 34 heavy (non-hydrogen) atoms. The molecule has 182 valence electrons. The summed E-state index contributed by atoms with van der Waals surface area (Å²) in [7, 11) is 0. The highest BCUT2D eigenvalue weighted by atomic mass is 19.4. The number of aromatic nitrogens is 3. The second-order valence-corrected chi connectivity index (χ2v) is 8.45. The quantitative estimate of drug-likeness (QED) is 0.501. The number of nitrogens with zero attached hydrogens (tertiary/aromatic N) is 4. The van der Waals surface area contributed by atoms with E-state index >= 15 is 4.39 Å². The lowest BCUT2D eigenvalue weighted by Crippen LogP contribution is -2.41. The van der Waals surface area contributed by atoms with Crippen molar-refractivity contribution in [3.63, 3.8) is 0 Å². The molecule has 0 N–H and O–H groups in total. The molecule has 0 radical (unpaired) electrons. The van der Waals surface area contributed by atoms with Gasteiger partial charge in [0.25, 0.3) is 5.56 Å². The minimum Gasteiger partial charge on any atom is -0.375 e. The Morgan fingerprint density at radius 1 is 1.24 bits per heavy atom. The van der Waals surface area contributed by atoms with Crippen molar-refractivity contribution in [2.45, 2.75) is 45.5 Å². The van der Waals surface area contributed by atoms with E-state index in [0.29, 0.717) is 37.5 Å². The summed E-state index contributed by atoms with van der Waals surface area (Å²) in [5.41, 5.74) is 0.433. The van der Waals surface area contributed by atoms with Crippen LogP contribution in [-0.2, 0) is 24.1 Å². The fourth-order valence-corrected chi connectivity index (χ4v) is 4.16. The maximum Gasteiger partial charge on any atom is 0.393 e. The van der Waals surface area contributed by atoms with Crippen molar-refractivity contribution in [1.82, 2.24) is 14.3 Å². The van der Waals surface area contributed by atoms with E-state index in [9.17, 15) is 18.0 Å². The third-order valence-electron chi connectivity index (χ3n) is 5.80. The molecule has 0 unspecified atom stereocenters. The molecule has 0 spiro atoms. The summed E-state index contributed by atoms with van der Waals surface area (Å²) in [4.78, 5) is 15.1. The van der Waals surface area contributed by atoms with E-state index in [-0.39, 0.29) is 18.2 Å². The summed E-state index contributed by atoms with van der Waals surface area (Å²) < 4.78 is 63.4. The number of rotatable bonds is 6. The first-order valence-corrected chi connectivity index (χ1v) is 11.1. The average molecular weight is 478 g/mol. The van der Waals surface area contributed by atoms with Crippen molar-refractivity contribution >= 4 is 5.69 Å². The molecule has 1 aliphatic rings. The van der Waals surface area contributed by atoms with Crippen molar-refractivity contribution in [2.24, 2.45) is 0 Å². The Bertz CT molecular complexity index is 1220. The van der Waals surface area contributed by atoms with E-state index in [2.05, 4.69) is 5.10 Å². The van der Waals surface area contributed by atoms with Crippen molar-refractivity contribution in [3.05, 3.63) is 75.7 Å². The Hall–Kier alpha value is -3.14. The SMILES string of the molecule is CCn1cc(Cc2cccn(-c3cc(N4CCO[C@H](C)C4)cc(CC(F)(F)F)c3F)c2=O)cn1. The first-order valence-electron chi connectivity index (χ1n) is 11.1. The zero-order valence-electron chi connectivity index (χ0n) is 19.0. The van der Waals surface area contributed by atoms with Gasteiger partial charge in [-0.15, -0.1) is 0 Å². The van der Waals surface area contributed by atoms with Gasteiger partial charge in [-0.3, -0.25) is 14.0 Å². The summed E-state index contributed by atoms with van der Waals surface area (Å²) in [6.07, 6.45) is -1.02. The predicted molar refractivity (Wildman–Crippen MR) is 120 cm³/mol. The Kier molecular flexibility index (Phi) is 6.79. The van der Waals surface area contributed by atoms with E-state index in [1.165, 1.54) is 18.3 Å². The van der Waals surface area contributed by atoms with E-state index in [1.54, 1.807) is 23.0 Å². The number of benzene rings is 1. The Balaban J connectivity index is 1.78. The van der Waals surface area contributed by atoms with Gasteiger partial charge in [-0.05, 0) is 37.6 Å². The number of ether oxygens (including phenoxy) is 1. The summed E-state index contributed by atoms with van der Waals surface area (Å²) in [6, 6.07) is 5.88. The summed E-state index contributed by atoms with van der Waals surface area (Å²) in [5, 5.41) is 4.20. The van der Waals surface area contributed by atoms with E-state index in [0.717, 1.165) is 10.1 Å². The molecule has 4 rings (SSSR count). The zero-order chi connectivity index (χ0) is 24.5. The molecule has 3 aromatic rings. The number of hydrogen-bond acceptors (Lipinski definition) is 4. The molecule has 2 aromatic heterocycles. The molecule has 0 amide bonds. The van der Waals surface area contributed by atoms with Gasteiger partial charge in [-0.2, -0.15) is 18.3 Å².